The Kier molecular flexibility index (Phi) is 3.34. The molecule has 2 rings (SSSR count). The summed E-state index contributed by atoms with van der Waals surface area (Å²) in [5.41, 5.74) is -2.05. The van der Waals surface area contributed by atoms with Crippen LogP contribution in [0.4, 0.5) is 13.2 Å². The lowest BCUT2D eigenvalue weighted by atomic mass is 10.1. The largest absolute Gasteiger partial charge is 0.478 e. The number of methoxy groups -OCH3 is 1. The van der Waals surface area contributed by atoms with Crippen LogP contribution in [0.25, 0.3) is 11.0 Å². The third-order valence-corrected chi connectivity index (χ3v) is 2.69. The van der Waals surface area contributed by atoms with Gasteiger partial charge in [0.25, 0.3) is 0 Å². The molecule has 0 spiro atoms. The Morgan fingerprint density at radius 2 is 2.00 bits per heavy atom. The van der Waals surface area contributed by atoms with Crippen molar-refractivity contribution in [2.45, 2.75) is 13.0 Å². The standard InChI is InChI=1S/C12H9F3N2O3/c1-5-8(13)4-6-3-7(11(18)19)9(12(14,15)20-2)17-10(6)16-5/h3-4H,1-2H3,(H,18,19). The van der Waals surface area contributed by atoms with Crippen molar-refractivity contribution in [2.24, 2.45) is 0 Å². The molecule has 0 aliphatic carbocycles. The van der Waals surface area contributed by atoms with Gasteiger partial charge in [-0.15, -0.1) is 0 Å². The second-order valence-electron chi connectivity index (χ2n) is 4.01. The van der Waals surface area contributed by atoms with Crippen molar-refractivity contribution in [3.05, 3.63) is 34.9 Å². The van der Waals surface area contributed by atoms with E-state index < -0.39 is 29.2 Å². The molecular formula is C12H9F3N2O3. The van der Waals surface area contributed by atoms with Gasteiger partial charge in [-0.1, -0.05) is 0 Å². The molecule has 2 aromatic heterocycles. The highest BCUT2D eigenvalue weighted by Crippen LogP contribution is 2.31. The topological polar surface area (TPSA) is 72.3 Å². The second-order valence-corrected chi connectivity index (χ2v) is 4.01. The Labute approximate surface area is 111 Å². The van der Waals surface area contributed by atoms with Gasteiger partial charge in [0.05, 0.1) is 11.3 Å². The van der Waals surface area contributed by atoms with Gasteiger partial charge >= 0.3 is 12.1 Å². The number of carbonyl (C=O) groups is 1. The molecule has 0 aromatic carbocycles. The Balaban J connectivity index is 2.82. The molecule has 0 atom stereocenters. The fourth-order valence-corrected chi connectivity index (χ4v) is 1.65. The number of pyridine rings is 2. The van der Waals surface area contributed by atoms with Crippen LogP contribution in [0.5, 0.6) is 0 Å². The summed E-state index contributed by atoms with van der Waals surface area (Å²) >= 11 is 0. The maximum atomic E-state index is 13.6. The smallest absolute Gasteiger partial charge is 0.400 e. The maximum absolute atomic E-state index is 13.6. The van der Waals surface area contributed by atoms with Crippen molar-refractivity contribution >= 4 is 17.0 Å². The molecule has 0 unspecified atom stereocenters. The molecule has 2 aromatic rings. The molecule has 0 saturated carbocycles. The van der Waals surface area contributed by atoms with Gasteiger partial charge in [-0.2, -0.15) is 8.78 Å². The summed E-state index contributed by atoms with van der Waals surface area (Å²) in [7, 11) is 0.723. The molecule has 0 saturated heterocycles. The first-order chi connectivity index (χ1) is 9.26. The monoisotopic (exact) mass is 286 g/mol. The molecule has 0 fully saturated rings. The number of hydrogen-bond acceptors (Lipinski definition) is 4. The van der Waals surface area contributed by atoms with Crippen LogP contribution in [0.2, 0.25) is 0 Å². The Morgan fingerprint density at radius 1 is 1.35 bits per heavy atom. The highest BCUT2D eigenvalue weighted by Gasteiger charge is 2.38. The molecule has 5 nitrogen and oxygen atoms in total. The van der Waals surface area contributed by atoms with E-state index in [1.54, 1.807) is 0 Å². The molecule has 0 radical (unpaired) electrons. The summed E-state index contributed by atoms with van der Waals surface area (Å²) < 4.78 is 44.5. The zero-order chi connectivity index (χ0) is 15.1. The van der Waals surface area contributed by atoms with Crippen LogP contribution in [0.15, 0.2) is 12.1 Å². The molecule has 8 heteroatoms. The van der Waals surface area contributed by atoms with Gasteiger partial charge < -0.3 is 9.84 Å². The zero-order valence-electron chi connectivity index (χ0n) is 10.4. The van der Waals surface area contributed by atoms with Crippen LogP contribution in [-0.2, 0) is 10.8 Å². The summed E-state index contributed by atoms with van der Waals surface area (Å²) in [5.74, 6) is -2.30. The molecule has 0 amide bonds. The van der Waals surface area contributed by atoms with E-state index in [-0.39, 0.29) is 16.7 Å². The van der Waals surface area contributed by atoms with Crippen LogP contribution in [0, 0.1) is 12.7 Å². The molecule has 106 valence electrons. The van der Waals surface area contributed by atoms with E-state index in [0.717, 1.165) is 19.2 Å². The Morgan fingerprint density at radius 3 is 2.55 bits per heavy atom. The number of aryl methyl sites for hydroxylation is 1. The van der Waals surface area contributed by atoms with Crippen molar-refractivity contribution < 1.29 is 27.8 Å². The number of hydrogen-bond donors (Lipinski definition) is 1. The van der Waals surface area contributed by atoms with Crippen LogP contribution < -0.4 is 0 Å². The average molecular weight is 286 g/mol. The third-order valence-electron chi connectivity index (χ3n) is 2.69. The number of nitrogens with zero attached hydrogens (tertiary/aromatic N) is 2. The minimum Gasteiger partial charge on any atom is -0.478 e. The number of aromatic carboxylic acids is 1. The van der Waals surface area contributed by atoms with Gasteiger partial charge in [0.2, 0.25) is 0 Å². The molecule has 1 N–H and O–H groups in total. The number of alkyl halides is 2. The molecule has 20 heavy (non-hydrogen) atoms. The van der Waals surface area contributed by atoms with Crippen LogP contribution in [0.3, 0.4) is 0 Å². The summed E-state index contributed by atoms with van der Waals surface area (Å²) in [6.45, 7) is 1.34. The van der Waals surface area contributed by atoms with E-state index in [1.165, 1.54) is 6.92 Å². The van der Waals surface area contributed by atoms with Crippen LogP contribution in [-0.4, -0.2) is 28.2 Å². The number of carboxylic acids is 1. The Hall–Kier alpha value is -2.22. The first-order valence-electron chi connectivity index (χ1n) is 5.41. The predicted molar refractivity (Wildman–Crippen MR) is 62.1 cm³/mol. The first-order valence-corrected chi connectivity index (χ1v) is 5.41. The fraction of sp³-hybridized carbons (Fsp3) is 0.250. The lowest BCUT2D eigenvalue weighted by molar-refractivity contribution is -0.234. The van der Waals surface area contributed by atoms with Gasteiger partial charge in [-0.05, 0) is 19.1 Å². The highest BCUT2D eigenvalue weighted by atomic mass is 19.3. The SMILES string of the molecule is COC(F)(F)c1nc2nc(C)c(F)cc2cc1C(=O)O. The second kappa shape index (κ2) is 4.71. The van der Waals surface area contributed by atoms with Gasteiger partial charge in [-0.25, -0.2) is 19.2 Å². The highest BCUT2D eigenvalue weighted by molar-refractivity contribution is 5.93. The summed E-state index contributed by atoms with van der Waals surface area (Å²) in [6, 6.07) is 1.88. The fourth-order valence-electron chi connectivity index (χ4n) is 1.65. The third kappa shape index (κ3) is 2.29. The van der Waals surface area contributed by atoms with Gasteiger partial charge in [0.15, 0.2) is 11.3 Å². The van der Waals surface area contributed by atoms with Crippen molar-refractivity contribution in [2.75, 3.05) is 7.11 Å². The lowest BCUT2D eigenvalue weighted by Gasteiger charge is -2.16. The van der Waals surface area contributed by atoms with Crippen molar-refractivity contribution in [1.82, 2.24) is 9.97 Å². The molecule has 2 heterocycles. The van der Waals surface area contributed by atoms with Gasteiger partial charge in [0.1, 0.15) is 5.82 Å². The van der Waals surface area contributed by atoms with E-state index in [4.69, 9.17) is 5.11 Å². The van der Waals surface area contributed by atoms with Crippen molar-refractivity contribution in [3.8, 4) is 0 Å². The number of halogens is 3. The number of fused-ring (bicyclic) bond motifs is 1. The van der Waals surface area contributed by atoms with E-state index in [1.807, 2.05) is 0 Å². The van der Waals surface area contributed by atoms with E-state index in [2.05, 4.69) is 14.7 Å². The number of carboxylic acid groups (broad SMARTS) is 1. The molecule has 0 aliphatic heterocycles. The Bertz CT molecular complexity index is 704. The minimum absolute atomic E-state index is 0.0150. The maximum Gasteiger partial charge on any atom is 0.400 e. The van der Waals surface area contributed by atoms with E-state index in [9.17, 15) is 18.0 Å². The van der Waals surface area contributed by atoms with Crippen LogP contribution in [0.1, 0.15) is 21.7 Å². The number of ether oxygens (including phenoxy) is 1. The molecule has 0 aliphatic rings. The zero-order valence-corrected chi connectivity index (χ0v) is 10.4. The minimum atomic E-state index is -3.88. The number of aromatic nitrogens is 2. The van der Waals surface area contributed by atoms with Crippen molar-refractivity contribution in [3.63, 3.8) is 0 Å². The first kappa shape index (κ1) is 14.2. The van der Waals surface area contributed by atoms with Gasteiger partial charge in [0, 0.05) is 12.5 Å². The number of rotatable bonds is 3. The van der Waals surface area contributed by atoms with E-state index >= 15 is 0 Å². The molecule has 0 bridgehead atoms. The van der Waals surface area contributed by atoms with E-state index in [0.29, 0.717) is 0 Å². The summed E-state index contributed by atoms with van der Waals surface area (Å²) in [5, 5.41) is 8.98. The molecular weight excluding hydrogens is 277 g/mol. The summed E-state index contributed by atoms with van der Waals surface area (Å²) in [6.07, 6.45) is -3.88. The normalized spacial score (nSPS) is 11.8. The van der Waals surface area contributed by atoms with Crippen molar-refractivity contribution in [1.29, 1.82) is 0 Å². The average Bonchev–Trinajstić information content (AvgIpc) is 2.38. The van der Waals surface area contributed by atoms with Crippen LogP contribution >= 0.6 is 0 Å². The lowest BCUT2D eigenvalue weighted by Crippen LogP contribution is -2.22. The van der Waals surface area contributed by atoms with Gasteiger partial charge in [-0.3, -0.25) is 0 Å². The quantitative estimate of drug-likeness (QED) is 0.938. The summed E-state index contributed by atoms with van der Waals surface area (Å²) in [4.78, 5) is 18.3. The predicted octanol–water partition coefficient (Wildman–Crippen LogP) is 2.47.